The lowest BCUT2D eigenvalue weighted by Gasteiger charge is -2.10. The van der Waals surface area contributed by atoms with Gasteiger partial charge in [0.25, 0.3) is 5.91 Å². The Hall–Kier alpha value is -3.03. The maximum absolute atomic E-state index is 13.0. The van der Waals surface area contributed by atoms with Gasteiger partial charge < -0.3 is 10.4 Å². The average molecular weight is 363 g/mol. The number of anilines is 1. The molecule has 8 heteroatoms. The van der Waals surface area contributed by atoms with Crippen LogP contribution in [0.4, 0.5) is 18.9 Å². The summed E-state index contributed by atoms with van der Waals surface area (Å²) in [5, 5.41) is 11.9. The van der Waals surface area contributed by atoms with Crippen LogP contribution in [0, 0.1) is 0 Å². The van der Waals surface area contributed by atoms with Crippen LogP contribution < -0.4 is 5.32 Å². The summed E-state index contributed by atoms with van der Waals surface area (Å²) in [5.74, 6) is -0.523. The molecule has 1 amide bonds. The van der Waals surface area contributed by atoms with Crippen LogP contribution in [0.15, 0.2) is 42.6 Å². The fourth-order valence-corrected chi connectivity index (χ4v) is 2.65. The van der Waals surface area contributed by atoms with Crippen molar-refractivity contribution in [3.63, 3.8) is 0 Å². The first-order valence-corrected chi connectivity index (χ1v) is 7.98. The molecule has 3 rings (SSSR count). The Labute approximate surface area is 147 Å². The second kappa shape index (κ2) is 6.70. The highest BCUT2D eigenvalue weighted by Gasteiger charge is 2.32. The predicted octanol–water partition coefficient (Wildman–Crippen LogP) is 4.26. The van der Waals surface area contributed by atoms with Crippen molar-refractivity contribution in [2.24, 2.45) is 0 Å². The van der Waals surface area contributed by atoms with Crippen LogP contribution in [-0.2, 0) is 12.6 Å². The maximum atomic E-state index is 13.0. The Kier molecular flexibility index (Phi) is 4.58. The SMILES string of the molecule is CCCc1nc2ccc(C(F)(F)F)cn2c1C(=O)Nc1ccc(O)cc1. The van der Waals surface area contributed by atoms with Crippen LogP contribution in [0.2, 0.25) is 0 Å². The van der Waals surface area contributed by atoms with Gasteiger partial charge in [0.1, 0.15) is 17.1 Å². The molecule has 0 spiro atoms. The molecule has 0 aliphatic carbocycles. The molecule has 0 aliphatic heterocycles. The Morgan fingerprint density at radius 1 is 1.19 bits per heavy atom. The Bertz CT molecular complexity index is 947. The van der Waals surface area contributed by atoms with Crippen molar-refractivity contribution in [1.29, 1.82) is 0 Å². The number of alkyl halides is 3. The second-order valence-electron chi connectivity index (χ2n) is 5.80. The van der Waals surface area contributed by atoms with Crippen molar-refractivity contribution < 1.29 is 23.1 Å². The number of imidazole rings is 1. The Morgan fingerprint density at radius 2 is 1.88 bits per heavy atom. The van der Waals surface area contributed by atoms with E-state index in [4.69, 9.17) is 0 Å². The highest BCUT2D eigenvalue weighted by atomic mass is 19.4. The molecule has 0 aliphatic rings. The molecular formula is C18H16F3N3O2. The van der Waals surface area contributed by atoms with Crippen molar-refractivity contribution in [2.45, 2.75) is 25.9 Å². The van der Waals surface area contributed by atoms with Gasteiger partial charge in [-0.15, -0.1) is 0 Å². The standard InChI is InChI=1S/C18H16F3N3O2/c1-2-3-14-16(17(26)22-12-5-7-13(25)8-6-12)24-10-11(18(19,20)21)4-9-15(24)23-14/h4-10,25H,2-3H2,1H3,(H,22,26). The van der Waals surface area contributed by atoms with Crippen LogP contribution >= 0.6 is 0 Å². The van der Waals surface area contributed by atoms with Gasteiger partial charge in [-0.2, -0.15) is 13.2 Å². The monoisotopic (exact) mass is 363 g/mol. The lowest BCUT2D eigenvalue weighted by atomic mass is 10.2. The summed E-state index contributed by atoms with van der Waals surface area (Å²) < 4.78 is 40.3. The Balaban J connectivity index is 2.07. The molecule has 3 aromatic rings. The summed E-state index contributed by atoms with van der Waals surface area (Å²) in [5.41, 5.74) is 0.336. The van der Waals surface area contributed by atoms with Gasteiger partial charge in [0, 0.05) is 11.9 Å². The van der Waals surface area contributed by atoms with E-state index in [0.29, 0.717) is 24.2 Å². The smallest absolute Gasteiger partial charge is 0.417 e. The number of hydrogen-bond donors (Lipinski definition) is 2. The third-order valence-electron chi connectivity index (χ3n) is 3.85. The Morgan fingerprint density at radius 3 is 2.50 bits per heavy atom. The number of benzene rings is 1. The number of aryl methyl sites for hydroxylation is 1. The zero-order valence-corrected chi connectivity index (χ0v) is 13.8. The number of aromatic nitrogens is 2. The number of phenolic OH excluding ortho intramolecular Hbond substituents is 1. The molecule has 0 fully saturated rings. The molecule has 0 radical (unpaired) electrons. The highest BCUT2D eigenvalue weighted by molar-refractivity contribution is 6.04. The molecule has 136 valence electrons. The number of carbonyl (C=O) groups excluding carboxylic acids is 1. The highest BCUT2D eigenvalue weighted by Crippen LogP contribution is 2.30. The largest absolute Gasteiger partial charge is 0.508 e. The predicted molar refractivity (Wildman–Crippen MR) is 90.2 cm³/mol. The third-order valence-corrected chi connectivity index (χ3v) is 3.85. The van der Waals surface area contributed by atoms with E-state index in [1.54, 1.807) is 0 Å². The van der Waals surface area contributed by atoms with Crippen LogP contribution in [0.5, 0.6) is 5.75 Å². The maximum Gasteiger partial charge on any atom is 0.417 e. The van der Waals surface area contributed by atoms with E-state index >= 15 is 0 Å². The fourth-order valence-electron chi connectivity index (χ4n) is 2.65. The first-order valence-electron chi connectivity index (χ1n) is 7.98. The van der Waals surface area contributed by atoms with Crippen LogP contribution in [0.1, 0.15) is 35.1 Å². The third kappa shape index (κ3) is 3.49. The van der Waals surface area contributed by atoms with Gasteiger partial charge in [0.2, 0.25) is 0 Å². The first-order chi connectivity index (χ1) is 12.3. The fraction of sp³-hybridized carbons (Fsp3) is 0.222. The van der Waals surface area contributed by atoms with Crippen molar-refractivity contribution in [3.8, 4) is 5.75 Å². The lowest BCUT2D eigenvalue weighted by Crippen LogP contribution is -2.17. The van der Waals surface area contributed by atoms with Gasteiger partial charge >= 0.3 is 6.18 Å². The number of pyridine rings is 1. The second-order valence-corrected chi connectivity index (χ2v) is 5.80. The van der Waals surface area contributed by atoms with Gasteiger partial charge in [0.05, 0.1) is 11.3 Å². The molecule has 2 heterocycles. The zero-order chi connectivity index (χ0) is 18.9. The van der Waals surface area contributed by atoms with E-state index < -0.39 is 17.6 Å². The molecule has 5 nitrogen and oxygen atoms in total. The molecule has 0 atom stereocenters. The van der Waals surface area contributed by atoms with E-state index in [2.05, 4.69) is 10.3 Å². The summed E-state index contributed by atoms with van der Waals surface area (Å²) in [6, 6.07) is 7.99. The van der Waals surface area contributed by atoms with Crippen LogP contribution in [-0.4, -0.2) is 20.4 Å². The van der Waals surface area contributed by atoms with Crippen molar-refractivity contribution in [1.82, 2.24) is 9.38 Å². The van der Waals surface area contributed by atoms with E-state index in [-0.39, 0.29) is 17.1 Å². The molecule has 0 unspecified atom stereocenters. The number of fused-ring (bicyclic) bond motifs is 1. The number of carbonyl (C=O) groups is 1. The summed E-state index contributed by atoms with van der Waals surface area (Å²) >= 11 is 0. The summed E-state index contributed by atoms with van der Waals surface area (Å²) in [6.07, 6.45) is -2.49. The molecule has 0 saturated heterocycles. The van der Waals surface area contributed by atoms with E-state index in [9.17, 15) is 23.1 Å². The molecule has 0 saturated carbocycles. The minimum Gasteiger partial charge on any atom is -0.508 e. The van der Waals surface area contributed by atoms with Gasteiger partial charge in [-0.05, 0) is 42.8 Å². The number of halogens is 3. The quantitative estimate of drug-likeness (QED) is 0.681. The number of hydrogen-bond acceptors (Lipinski definition) is 3. The minimum atomic E-state index is -4.52. The van der Waals surface area contributed by atoms with Crippen LogP contribution in [0.3, 0.4) is 0 Å². The normalized spacial score (nSPS) is 11.7. The van der Waals surface area contributed by atoms with Crippen molar-refractivity contribution >= 4 is 17.2 Å². The molecule has 26 heavy (non-hydrogen) atoms. The number of nitrogens with zero attached hydrogens (tertiary/aromatic N) is 2. The first kappa shape index (κ1) is 17.8. The zero-order valence-electron chi connectivity index (χ0n) is 13.8. The van der Waals surface area contributed by atoms with E-state index in [1.165, 1.54) is 34.7 Å². The number of aromatic hydroxyl groups is 1. The van der Waals surface area contributed by atoms with Gasteiger partial charge in [-0.1, -0.05) is 13.3 Å². The minimum absolute atomic E-state index is 0.0410. The van der Waals surface area contributed by atoms with Crippen LogP contribution in [0.25, 0.3) is 5.65 Å². The molecule has 0 bridgehead atoms. The van der Waals surface area contributed by atoms with Crippen molar-refractivity contribution in [2.75, 3.05) is 5.32 Å². The number of phenols is 1. The van der Waals surface area contributed by atoms with Gasteiger partial charge in [0.15, 0.2) is 0 Å². The number of amides is 1. The molecular weight excluding hydrogens is 347 g/mol. The summed E-state index contributed by atoms with van der Waals surface area (Å²) in [6.45, 7) is 1.90. The topological polar surface area (TPSA) is 66.6 Å². The summed E-state index contributed by atoms with van der Waals surface area (Å²) in [4.78, 5) is 17.0. The van der Waals surface area contributed by atoms with Crippen molar-refractivity contribution in [3.05, 3.63) is 59.5 Å². The molecule has 2 N–H and O–H groups in total. The van der Waals surface area contributed by atoms with Gasteiger partial charge in [-0.3, -0.25) is 9.20 Å². The molecule has 2 aromatic heterocycles. The van der Waals surface area contributed by atoms with E-state index in [1.807, 2.05) is 6.92 Å². The number of nitrogens with one attached hydrogen (secondary N) is 1. The van der Waals surface area contributed by atoms with Gasteiger partial charge in [-0.25, -0.2) is 4.98 Å². The molecule has 1 aromatic carbocycles. The number of rotatable bonds is 4. The van der Waals surface area contributed by atoms with E-state index in [0.717, 1.165) is 12.3 Å². The average Bonchev–Trinajstić information content (AvgIpc) is 2.93. The lowest BCUT2D eigenvalue weighted by molar-refractivity contribution is -0.137. The summed E-state index contributed by atoms with van der Waals surface area (Å²) in [7, 11) is 0.